The first-order chi connectivity index (χ1) is 7.66. The van der Waals surface area contributed by atoms with Crippen LogP contribution in [0, 0.1) is 5.92 Å². The zero-order valence-corrected chi connectivity index (χ0v) is 8.94. The number of hydrogen-bond acceptors (Lipinski definition) is 4. The highest BCUT2D eigenvalue weighted by molar-refractivity contribution is 5.26. The fraction of sp³-hybridized carbons (Fsp3) is 0.600. The lowest BCUT2D eigenvalue weighted by Crippen LogP contribution is -2.34. The number of aromatic amines is 1. The Labute approximate surface area is 92.0 Å². The molecule has 0 saturated carbocycles. The van der Waals surface area contributed by atoms with Crippen LogP contribution in [-0.2, 0) is 11.3 Å². The van der Waals surface area contributed by atoms with E-state index < -0.39 is 11.2 Å². The van der Waals surface area contributed by atoms with E-state index in [0.29, 0.717) is 12.5 Å². The van der Waals surface area contributed by atoms with E-state index in [1.165, 1.54) is 10.6 Å². The Hall–Kier alpha value is -1.56. The van der Waals surface area contributed by atoms with Gasteiger partial charge in [-0.2, -0.15) is 0 Å². The van der Waals surface area contributed by atoms with Crippen LogP contribution in [0.5, 0.6) is 0 Å². The first kappa shape index (κ1) is 10.9. The van der Waals surface area contributed by atoms with Crippen LogP contribution in [0.4, 0.5) is 5.82 Å². The van der Waals surface area contributed by atoms with Gasteiger partial charge in [0.2, 0.25) is 0 Å². The van der Waals surface area contributed by atoms with Crippen molar-refractivity contribution < 1.29 is 4.74 Å². The molecule has 1 aromatic heterocycles. The standard InChI is InChI=1S/C10H15N3O3/c11-8-5-9(14)12-10(15)13(8)6-7-1-3-16-4-2-7/h5,7H,1-4,6,11H2,(H,12,14,15). The molecule has 0 radical (unpaired) electrons. The third-order valence-corrected chi connectivity index (χ3v) is 2.85. The molecule has 6 nitrogen and oxygen atoms in total. The molecule has 88 valence electrons. The molecule has 1 aliphatic heterocycles. The van der Waals surface area contributed by atoms with E-state index in [2.05, 4.69) is 4.98 Å². The van der Waals surface area contributed by atoms with Gasteiger partial charge in [-0.25, -0.2) is 4.79 Å². The summed E-state index contributed by atoms with van der Waals surface area (Å²) >= 11 is 0. The van der Waals surface area contributed by atoms with Gasteiger partial charge in [0, 0.05) is 25.8 Å². The van der Waals surface area contributed by atoms with Crippen molar-refractivity contribution >= 4 is 5.82 Å². The van der Waals surface area contributed by atoms with Gasteiger partial charge in [-0.1, -0.05) is 0 Å². The van der Waals surface area contributed by atoms with Crippen molar-refractivity contribution in [2.75, 3.05) is 18.9 Å². The van der Waals surface area contributed by atoms with E-state index in [-0.39, 0.29) is 5.82 Å². The SMILES string of the molecule is Nc1cc(=O)[nH]c(=O)n1CC1CCOCC1. The van der Waals surface area contributed by atoms with Crippen molar-refractivity contribution in [1.29, 1.82) is 0 Å². The van der Waals surface area contributed by atoms with Crippen molar-refractivity contribution in [3.05, 3.63) is 26.9 Å². The van der Waals surface area contributed by atoms with Crippen molar-refractivity contribution in [1.82, 2.24) is 9.55 Å². The lowest BCUT2D eigenvalue weighted by molar-refractivity contribution is 0.0610. The van der Waals surface area contributed by atoms with E-state index in [0.717, 1.165) is 26.1 Å². The highest BCUT2D eigenvalue weighted by Crippen LogP contribution is 2.16. The van der Waals surface area contributed by atoms with Crippen LogP contribution in [0.3, 0.4) is 0 Å². The number of rotatable bonds is 2. The fourth-order valence-electron chi connectivity index (χ4n) is 1.91. The largest absolute Gasteiger partial charge is 0.385 e. The number of nitrogens with one attached hydrogen (secondary N) is 1. The molecule has 2 heterocycles. The Morgan fingerprint density at radius 3 is 2.75 bits per heavy atom. The molecular weight excluding hydrogens is 210 g/mol. The maximum Gasteiger partial charge on any atom is 0.329 e. The van der Waals surface area contributed by atoms with Gasteiger partial charge in [0.25, 0.3) is 5.56 Å². The minimum atomic E-state index is -0.453. The Morgan fingerprint density at radius 2 is 2.12 bits per heavy atom. The van der Waals surface area contributed by atoms with Crippen LogP contribution < -0.4 is 17.0 Å². The number of ether oxygens (including phenoxy) is 1. The number of hydrogen-bond donors (Lipinski definition) is 2. The molecule has 2 rings (SSSR count). The molecule has 0 aliphatic carbocycles. The van der Waals surface area contributed by atoms with Crippen molar-refractivity contribution in [3.63, 3.8) is 0 Å². The Morgan fingerprint density at radius 1 is 1.44 bits per heavy atom. The number of aromatic nitrogens is 2. The Kier molecular flexibility index (Phi) is 3.09. The third-order valence-electron chi connectivity index (χ3n) is 2.85. The predicted molar refractivity (Wildman–Crippen MR) is 59.3 cm³/mol. The van der Waals surface area contributed by atoms with Gasteiger partial charge in [0.15, 0.2) is 0 Å². The normalized spacial score (nSPS) is 17.5. The lowest BCUT2D eigenvalue weighted by Gasteiger charge is -2.23. The second-order valence-corrected chi connectivity index (χ2v) is 4.03. The van der Waals surface area contributed by atoms with Crippen molar-refractivity contribution in [2.45, 2.75) is 19.4 Å². The first-order valence-electron chi connectivity index (χ1n) is 5.34. The van der Waals surface area contributed by atoms with Gasteiger partial charge in [-0.15, -0.1) is 0 Å². The van der Waals surface area contributed by atoms with Gasteiger partial charge in [-0.05, 0) is 18.8 Å². The van der Waals surface area contributed by atoms with Crippen LogP contribution in [0.2, 0.25) is 0 Å². The highest BCUT2D eigenvalue weighted by Gasteiger charge is 2.16. The van der Waals surface area contributed by atoms with Crippen molar-refractivity contribution in [2.24, 2.45) is 5.92 Å². The van der Waals surface area contributed by atoms with E-state index in [1.807, 2.05) is 0 Å². The molecule has 0 spiro atoms. The molecule has 1 saturated heterocycles. The molecule has 1 aromatic rings. The zero-order chi connectivity index (χ0) is 11.5. The maximum absolute atomic E-state index is 11.5. The van der Waals surface area contributed by atoms with E-state index >= 15 is 0 Å². The quantitative estimate of drug-likeness (QED) is 0.713. The zero-order valence-electron chi connectivity index (χ0n) is 8.94. The van der Waals surface area contributed by atoms with Crippen LogP contribution in [0.1, 0.15) is 12.8 Å². The molecule has 1 fully saturated rings. The molecule has 3 N–H and O–H groups in total. The second-order valence-electron chi connectivity index (χ2n) is 4.03. The number of nitrogen functional groups attached to an aromatic ring is 1. The minimum absolute atomic E-state index is 0.222. The summed E-state index contributed by atoms with van der Waals surface area (Å²) in [5, 5.41) is 0. The Bertz CT molecular complexity index is 471. The molecule has 16 heavy (non-hydrogen) atoms. The van der Waals surface area contributed by atoms with Crippen molar-refractivity contribution in [3.8, 4) is 0 Å². The third kappa shape index (κ3) is 2.33. The van der Waals surface area contributed by atoms with Gasteiger partial charge >= 0.3 is 5.69 Å². The lowest BCUT2D eigenvalue weighted by atomic mass is 10.0. The fourth-order valence-corrected chi connectivity index (χ4v) is 1.91. The second kappa shape index (κ2) is 4.52. The Balaban J connectivity index is 2.20. The predicted octanol–water partition coefficient (Wildman–Crippen LogP) is -0.455. The van der Waals surface area contributed by atoms with Crippen LogP contribution in [0.25, 0.3) is 0 Å². The molecule has 0 unspecified atom stereocenters. The van der Waals surface area contributed by atoms with E-state index in [4.69, 9.17) is 10.5 Å². The molecule has 6 heteroatoms. The van der Waals surface area contributed by atoms with E-state index in [9.17, 15) is 9.59 Å². The highest BCUT2D eigenvalue weighted by atomic mass is 16.5. The summed E-state index contributed by atoms with van der Waals surface area (Å²) in [5.74, 6) is 0.611. The molecule has 0 amide bonds. The number of anilines is 1. The van der Waals surface area contributed by atoms with Crippen LogP contribution >= 0.6 is 0 Å². The minimum Gasteiger partial charge on any atom is -0.385 e. The number of H-pyrrole nitrogens is 1. The summed E-state index contributed by atoms with van der Waals surface area (Å²) < 4.78 is 6.65. The number of nitrogens with two attached hydrogens (primary N) is 1. The molecule has 0 aromatic carbocycles. The topological polar surface area (TPSA) is 90.1 Å². The summed E-state index contributed by atoms with van der Waals surface area (Å²) in [6, 6.07) is 1.24. The average molecular weight is 225 g/mol. The van der Waals surface area contributed by atoms with Gasteiger partial charge in [0.1, 0.15) is 5.82 Å². The van der Waals surface area contributed by atoms with Crippen LogP contribution in [-0.4, -0.2) is 22.8 Å². The van der Waals surface area contributed by atoms with Crippen LogP contribution in [0.15, 0.2) is 15.7 Å². The summed E-state index contributed by atoms with van der Waals surface area (Å²) in [4.78, 5) is 24.7. The summed E-state index contributed by atoms with van der Waals surface area (Å²) in [6.45, 7) is 2.00. The van der Waals surface area contributed by atoms with Gasteiger partial charge in [-0.3, -0.25) is 14.3 Å². The first-order valence-corrected chi connectivity index (χ1v) is 5.34. The molecule has 1 aliphatic rings. The summed E-state index contributed by atoms with van der Waals surface area (Å²) in [7, 11) is 0. The van der Waals surface area contributed by atoms with Gasteiger partial charge in [0.05, 0.1) is 0 Å². The monoisotopic (exact) mass is 225 g/mol. The smallest absolute Gasteiger partial charge is 0.329 e. The molecule has 0 atom stereocenters. The molecular formula is C10H15N3O3. The molecule has 0 bridgehead atoms. The van der Waals surface area contributed by atoms with Gasteiger partial charge < -0.3 is 10.5 Å². The summed E-state index contributed by atoms with van der Waals surface area (Å²) in [5.41, 5.74) is 4.76. The van der Waals surface area contributed by atoms with E-state index in [1.54, 1.807) is 0 Å². The number of nitrogens with zero attached hydrogens (tertiary/aromatic N) is 1. The maximum atomic E-state index is 11.5. The average Bonchev–Trinajstić information content (AvgIpc) is 2.25. The summed E-state index contributed by atoms with van der Waals surface area (Å²) in [6.07, 6.45) is 1.84.